The van der Waals surface area contributed by atoms with E-state index in [9.17, 15) is 4.79 Å². The molecule has 2 aromatic carbocycles. The highest BCUT2D eigenvalue weighted by Gasteiger charge is 2.18. The van der Waals surface area contributed by atoms with Gasteiger partial charge in [-0.1, -0.05) is 56.2 Å². The molecule has 0 aliphatic carbocycles. The zero-order chi connectivity index (χ0) is 19.6. The molecule has 5 nitrogen and oxygen atoms in total. The summed E-state index contributed by atoms with van der Waals surface area (Å²) in [5.74, 6) is 3.85. The van der Waals surface area contributed by atoms with E-state index in [2.05, 4.69) is 30.4 Å². The van der Waals surface area contributed by atoms with Crippen LogP contribution in [0.2, 0.25) is 0 Å². The summed E-state index contributed by atoms with van der Waals surface area (Å²) in [6.45, 7) is 4.68. The Kier molecular flexibility index (Phi) is 7.57. The summed E-state index contributed by atoms with van der Waals surface area (Å²) in [5, 5.41) is 5.93. The molecule has 0 aliphatic heterocycles. The molecule has 0 aromatic heterocycles. The maximum atomic E-state index is 12.4. The predicted molar refractivity (Wildman–Crippen MR) is 107 cm³/mol. The van der Waals surface area contributed by atoms with Gasteiger partial charge in [0.15, 0.2) is 11.5 Å². The van der Waals surface area contributed by atoms with Crippen LogP contribution in [0.3, 0.4) is 0 Å². The second-order valence-corrected chi connectivity index (χ2v) is 6.44. The van der Waals surface area contributed by atoms with Crippen LogP contribution in [-0.4, -0.2) is 19.7 Å². The quantitative estimate of drug-likeness (QED) is 0.697. The van der Waals surface area contributed by atoms with Crippen molar-refractivity contribution < 1.29 is 14.3 Å². The first-order chi connectivity index (χ1) is 13.0. The van der Waals surface area contributed by atoms with Crippen molar-refractivity contribution in [2.24, 2.45) is 5.92 Å². The van der Waals surface area contributed by atoms with Crippen molar-refractivity contribution in [3.63, 3.8) is 0 Å². The minimum atomic E-state index is -0.223. The van der Waals surface area contributed by atoms with Crippen LogP contribution in [0.5, 0.6) is 11.5 Å². The second-order valence-electron chi connectivity index (χ2n) is 6.44. The second kappa shape index (κ2) is 10.1. The molecule has 1 atom stereocenters. The van der Waals surface area contributed by atoms with Gasteiger partial charge < -0.3 is 20.1 Å². The average molecular weight is 366 g/mol. The maximum absolute atomic E-state index is 12.4. The number of methoxy groups -OCH3 is 1. The minimum absolute atomic E-state index is 0.0587. The van der Waals surface area contributed by atoms with Gasteiger partial charge in [-0.25, -0.2) is 4.79 Å². The zero-order valence-corrected chi connectivity index (χ0v) is 16.0. The summed E-state index contributed by atoms with van der Waals surface area (Å²) < 4.78 is 10.7. The van der Waals surface area contributed by atoms with Gasteiger partial charge in [-0.2, -0.15) is 0 Å². The number of benzene rings is 2. The molecule has 2 amide bonds. The fourth-order valence-corrected chi connectivity index (χ4v) is 2.73. The van der Waals surface area contributed by atoms with Crippen LogP contribution in [0, 0.1) is 18.3 Å². The van der Waals surface area contributed by atoms with E-state index in [-0.39, 0.29) is 24.6 Å². The molecule has 2 N–H and O–H groups in total. The van der Waals surface area contributed by atoms with E-state index >= 15 is 0 Å². The van der Waals surface area contributed by atoms with Crippen LogP contribution >= 0.6 is 0 Å². The fourth-order valence-electron chi connectivity index (χ4n) is 2.73. The molecule has 0 bridgehead atoms. The number of nitrogens with one attached hydrogen (secondary N) is 2. The third-order valence-corrected chi connectivity index (χ3v) is 4.10. The number of carbonyl (C=O) groups excluding carboxylic acids is 1. The van der Waals surface area contributed by atoms with Crippen molar-refractivity contribution in [2.75, 3.05) is 13.7 Å². The lowest BCUT2D eigenvalue weighted by Gasteiger charge is -2.23. The molecule has 1 unspecified atom stereocenters. The number of amides is 2. The Morgan fingerprint density at radius 1 is 1.15 bits per heavy atom. The van der Waals surface area contributed by atoms with Gasteiger partial charge >= 0.3 is 6.03 Å². The van der Waals surface area contributed by atoms with Crippen LogP contribution in [-0.2, 0) is 6.54 Å². The lowest BCUT2D eigenvalue weighted by atomic mass is 9.96. The van der Waals surface area contributed by atoms with Crippen LogP contribution < -0.4 is 20.1 Å². The van der Waals surface area contributed by atoms with Gasteiger partial charge in [0.05, 0.1) is 13.2 Å². The van der Waals surface area contributed by atoms with Crippen molar-refractivity contribution in [3.8, 4) is 23.8 Å². The number of rotatable bonds is 8. The Hall–Kier alpha value is -3.13. The predicted octanol–water partition coefficient (Wildman–Crippen LogP) is 3.90. The van der Waals surface area contributed by atoms with Gasteiger partial charge in [-0.3, -0.25) is 0 Å². The molecule has 0 saturated heterocycles. The van der Waals surface area contributed by atoms with E-state index < -0.39 is 0 Å². The summed E-state index contributed by atoms with van der Waals surface area (Å²) in [7, 11) is 1.57. The Morgan fingerprint density at radius 2 is 1.89 bits per heavy atom. The normalized spacial score (nSPS) is 11.4. The molecule has 0 saturated carbocycles. The summed E-state index contributed by atoms with van der Waals surface area (Å²) in [5.41, 5.74) is 1.97. The highest BCUT2D eigenvalue weighted by Crippen LogP contribution is 2.28. The molecular formula is C22H26N2O3. The van der Waals surface area contributed by atoms with Gasteiger partial charge in [0.1, 0.15) is 6.61 Å². The largest absolute Gasteiger partial charge is 0.493 e. The van der Waals surface area contributed by atoms with Gasteiger partial charge in [0.2, 0.25) is 0 Å². The third-order valence-electron chi connectivity index (χ3n) is 4.10. The van der Waals surface area contributed by atoms with E-state index in [4.69, 9.17) is 15.9 Å². The first-order valence-electron chi connectivity index (χ1n) is 8.87. The number of carbonyl (C=O) groups is 1. The SMILES string of the molecule is C#CCOc1cc(CNC(=O)NC(c2ccccc2)C(C)C)ccc1OC. The van der Waals surface area contributed by atoms with Crippen molar-refractivity contribution in [1.29, 1.82) is 0 Å². The molecule has 2 rings (SSSR count). The molecule has 0 radical (unpaired) electrons. The topological polar surface area (TPSA) is 59.6 Å². The molecule has 142 valence electrons. The van der Waals surface area contributed by atoms with E-state index in [1.807, 2.05) is 42.5 Å². The third kappa shape index (κ3) is 5.96. The van der Waals surface area contributed by atoms with Crippen molar-refractivity contribution in [1.82, 2.24) is 10.6 Å². The number of terminal acetylenes is 1. The van der Waals surface area contributed by atoms with Crippen molar-refractivity contribution in [3.05, 3.63) is 59.7 Å². The van der Waals surface area contributed by atoms with Gasteiger partial charge in [0, 0.05) is 6.54 Å². The molecule has 5 heteroatoms. The van der Waals surface area contributed by atoms with E-state index in [0.29, 0.717) is 18.0 Å². The number of ether oxygens (including phenoxy) is 2. The molecule has 0 heterocycles. The lowest BCUT2D eigenvalue weighted by molar-refractivity contribution is 0.232. The molecule has 0 spiro atoms. The standard InChI is InChI=1S/C22H26N2O3/c1-5-13-27-20-14-17(11-12-19(20)26-4)15-23-22(25)24-21(16(2)3)18-9-7-6-8-10-18/h1,6-12,14,16,21H,13,15H2,2-4H3,(H2,23,24,25). The maximum Gasteiger partial charge on any atom is 0.315 e. The lowest BCUT2D eigenvalue weighted by Crippen LogP contribution is -2.39. The Bertz CT molecular complexity index is 782. The average Bonchev–Trinajstić information content (AvgIpc) is 2.69. The van der Waals surface area contributed by atoms with Gasteiger partial charge in [-0.15, -0.1) is 6.42 Å². The first kappa shape index (κ1) is 20.2. The van der Waals surface area contributed by atoms with Crippen LogP contribution in [0.1, 0.15) is 31.0 Å². The number of hydrogen-bond acceptors (Lipinski definition) is 3. The van der Waals surface area contributed by atoms with E-state index in [1.54, 1.807) is 13.2 Å². The van der Waals surface area contributed by atoms with Crippen molar-refractivity contribution >= 4 is 6.03 Å². The van der Waals surface area contributed by atoms with Crippen LogP contribution in [0.25, 0.3) is 0 Å². The highest BCUT2D eigenvalue weighted by atomic mass is 16.5. The Labute approximate surface area is 161 Å². The van der Waals surface area contributed by atoms with E-state index in [0.717, 1.165) is 11.1 Å². The smallest absolute Gasteiger partial charge is 0.315 e. The van der Waals surface area contributed by atoms with Crippen LogP contribution in [0.4, 0.5) is 4.79 Å². The molecular weight excluding hydrogens is 340 g/mol. The molecule has 2 aromatic rings. The number of hydrogen-bond donors (Lipinski definition) is 2. The van der Waals surface area contributed by atoms with Gasteiger partial charge in [-0.05, 0) is 29.2 Å². The molecule has 0 aliphatic rings. The molecule has 27 heavy (non-hydrogen) atoms. The first-order valence-corrected chi connectivity index (χ1v) is 8.87. The molecule has 0 fully saturated rings. The monoisotopic (exact) mass is 366 g/mol. The Morgan fingerprint density at radius 3 is 2.52 bits per heavy atom. The van der Waals surface area contributed by atoms with E-state index in [1.165, 1.54) is 0 Å². The zero-order valence-electron chi connectivity index (χ0n) is 16.0. The highest BCUT2D eigenvalue weighted by molar-refractivity contribution is 5.74. The van der Waals surface area contributed by atoms with Gasteiger partial charge in [0.25, 0.3) is 0 Å². The fraction of sp³-hybridized carbons (Fsp3) is 0.318. The summed E-state index contributed by atoms with van der Waals surface area (Å²) in [4.78, 5) is 12.4. The summed E-state index contributed by atoms with van der Waals surface area (Å²) in [6, 6.07) is 15.1. The summed E-state index contributed by atoms with van der Waals surface area (Å²) in [6.07, 6.45) is 5.24. The number of urea groups is 1. The van der Waals surface area contributed by atoms with Crippen LogP contribution in [0.15, 0.2) is 48.5 Å². The summed E-state index contributed by atoms with van der Waals surface area (Å²) >= 11 is 0. The minimum Gasteiger partial charge on any atom is -0.493 e. The Balaban J connectivity index is 1.99. The van der Waals surface area contributed by atoms with Crippen molar-refractivity contribution in [2.45, 2.75) is 26.4 Å².